The molecule has 0 bridgehead atoms. The summed E-state index contributed by atoms with van der Waals surface area (Å²) in [6.45, 7) is 2.07. The number of hydrogen-bond acceptors (Lipinski definition) is 6. The third kappa shape index (κ3) is 8.50. The van der Waals surface area contributed by atoms with Gasteiger partial charge in [0.25, 0.3) is 10.0 Å². The van der Waals surface area contributed by atoms with Gasteiger partial charge in [-0.1, -0.05) is 68.5 Å². The van der Waals surface area contributed by atoms with Crippen LogP contribution in [0, 0.1) is 0 Å². The number of nitrogens with zero attached hydrogens (tertiary/aromatic N) is 4. The molecule has 2 heterocycles. The summed E-state index contributed by atoms with van der Waals surface area (Å²) in [7, 11) is 12.4. The second kappa shape index (κ2) is 14.6. The molecule has 4 aromatic rings. The normalized spacial score (nSPS) is 11.6. The van der Waals surface area contributed by atoms with Crippen molar-refractivity contribution >= 4 is 79.9 Å². The van der Waals surface area contributed by atoms with Crippen molar-refractivity contribution in [2.45, 2.75) is 0 Å². The number of aryl methyl sites for hydroxylation is 2. The molecule has 0 aliphatic rings. The molecule has 0 saturated heterocycles. The molecule has 8 heteroatoms. The maximum Gasteiger partial charge on any atom is 0.261 e. The number of hydrogen-bond donors (Lipinski definition) is 0. The van der Waals surface area contributed by atoms with Gasteiger partial charge in [0.1, 0.15) is 14.1 Å². The molecule has 2 aromatic carbocycles. The standard InChI is InChI=1S/C30H36N4S4/c1-31(27-11-5-25(6-12-27)9-15-29-33(3)17-21-35-29)19-23-37-38-24-20-32(2)28-13-7-26(8-14-28)10-16-30-34(4)18-22-36-30/h5-18,21-22H,19-20,23-24H2,1-4H3/q+2. The van der Waals surface area contributed by atoms with Crippen molar-refractivity contribution in [1.29, 1.82) is 0 Å². The van der Waals surface area contributed by atoms with Gasteiger partial charge in [-0.15, -0.1) is 0 Å². The summed E-state index contributed by atoms with van der Waals surface area (Å²) in [4.78, 5) is 4.67. The fourth-order valence-corrected chi connectivity index (χ4v) is 7.35. The van der Waals surface area contributed by atoms with Crippen LogP contribution in [0.3, 0.4) is 0 Å². The lowest BCUT2D eigenvalue weighted by Gasteiger charge is -2.20. The van der Waals surface area contributed by atoms with E-state index in [2.05, 4.69) is 143 Å². The van der Waals surface area contributed by atoms with Crippen molar-refractivity contribution in [3.8, 4) is 0 Å². The largest absolute Gasteiger partial charge is 0.374 e. The van der Waals surface area contributed by atoms with Crippen LogP contribution in [0.15, 0.2) is 71.7 Å². The molecule has 0 fully saturated rings. The second-order valence-corrected chi connectivity index (χ2v) is 13.6. The van der Waals surface area contributed by atoms with Crippen LogP contribution in [0.5, 0.6) is 0 Å². The Bertz CT molecular complexity index is 1220. The SMILES string of the molecule is CN(CCSSCCN(C)c1ccc(/C=C/c2scc[n+]2C)cc1)c1ccc(/C=C/c2scc[n+]2C)cc1. The number of rotatable bonds is 13. The monoisotopic (exact) mass is 580 g/mol. The zero-order valence-electron chi connectivity index (χ0n) is 22.5. The maximum atomic E-state index is 2.33. The van der Waals surface area contributed by atoms with E-state index in [0.717, 1.165) is 24.6 Å². The molecular formula is C30H36N4S4+2. The first-order valence-electron chi connectivity index (χ1n) is 12.6. The van der Waals surface area contributed by atoms with E-state index in [1.807, 2.05) is 21.6 Å². The number of aromatic nitrogens is 2. The van der Waals surface area contributed by atoms with Crippen LogP contribution in [0.1, 0.15) is 21.1 Å². The topological polar surface area (TPSA) is 14.2 Å². The minimum atomic E-state index is 1.03. The molecule has 2 aromatic heterocycles. The van der Waals surface area contributed by atoms with Gasteiger partial charge >= 0.3 is 0 Å². The number of thiazole rings is 2. The van der Waals surface area contributed by atoms with Gasteiger partial charge in [-0.3, -0.25) is 0 Å². The van der Waals surface area contributed by atoms with Gasteiger partial charge in [0.15, 0.2) is 12.4 Å². The number of benzene rings is 2. The first kappa shape index (κ1) is 28.5. The molecule has 0 amide bonds. The molecule has 4 nitrogen and oxygen atoms in total. The summed E-state index contributed by atoms with van der Waals surface area (Å²) in [5, 5.41) is 6.71. The Morgan fingerprint density at radius 2 is 1.03 bits per heavy atom. The zero-order chi connectivity index (χ0) is 26.7. The summed E-state index contributed by atoms with van der Waals surface area (Å²) in [5.74, 6) is 2.20. The lowest BCUT2D eigenvalue weighted by molar-refractivity contribution is -0.668. The third-order valence-electron chi connectivity index (χ3n) is 6.25. The van der Waals surface area contributed by atoms with E-state index < -0.39 is 0 Å². The Morgan fingerprint density at radius 3 is 1.37 bits per heavy atom. The molecule has 0 saturated carbocycles. The fraction of sp³-hybridized carbons (Fsp3) is 0.267. The van der Waals surface area contributed by atoms with E-state index in [1.165, 1.54) is 32.5 Å². The van der Waals surface area contributed by atoms with Crippen molar-refractivity contribution in [3.63, 3.8) is 0 Å². The van der Waals surface area contributed by atoms with Crippen molar-refractivity contribution in [3.05, 3.63) is 92.8 Å². The molecule has 0 aliphatic heterocycles. The van der Waals surface area contributed by atoms with Crippen LogP contribution in [0.2, 0.25) is 0 Å². The summed E-state index contributed by atoms with van der Waals surface area (Å²) >= 11 is 3.50. The number of anilines is 2. The van der Waals surface area contributed by atoms with Crippen LogP contribution in [-0.4, -0.2) is 38.7 Å². The van der Waals surface area contributed by atoms with Crippen molar-refractivity contribution in [2.24, 2.45) is 14.1 Å². The minimum Gasteiger partial charge on any atom is -0.374 e. The van der Waals surface area contributed by atoms with Gasteiger partial charge in [-0.05, 0) is 47.5 Å². The maximum absolute atomic E-state index is 2.33. The molecule has 38 heavy (non-hydrogen) atoms. The van der Waals surface area contributed by atoms with E-state index in [-0.39, 0.29) is 0 Å². The molecule has 0 radical (unpaired) electrons. The Kier molecular flexibility index (Phi) is 10.9. The molecule has 4 rings (SSSR count). The lowest BCUT2D eigenvalue weighted by atomic mass is 10.2. The minimum absolute atomic E-state index is 1.03. The van der Waals surface area contributed by atoms with Gasteiger partial charge in [0.05, 0.1) is 10.8 Å². The van der Waals surface area contributed by atoms with Gasteiger partial charge in [0.2, 0.25) is 0 Å². The predicted octanol–water partition coefficient (Wildman–Crippen LogP) is 6.75. The van der Waals surface area contributed by atoms with E-state index in [9.17, 15) is 0 Å². The average Bonchev–Trinajstić information content (AvgIpc) is 3.55. The third-order valence-corrected chi connectivity index (χ3v) is 10.5. The predicted molar refractivity (Wildman–Crippen MR) is 173 cm³/mol. The lowest BCUT2D eigenvalue weighted by Crippen LogP contribution is -2.26. The van der Waals surface area contributed by atoms with Crippen LogP contribution >= 0.6 is 44.3 Å². The first-order valence-corrected chi connectivity index (χ1v) is 16.8. The van der Waals surface area contributed by atoms with E-state index in [4.69, 9.17) is 0 Å². The Morgan fingerprint density at radius 1 is 0.632 bits per heavy atom. The second-order valence-electron chi connectivity index (χ2n) is 9.04. The van der Waals surface area contributed by atoms with Gasteiger partial charge in [0, 0.05) is 62.2 Å². The Balaban J connectivity index is 1.12. The highest BCUT2D eigenvalue weighted by Crippen LogP contribution is 2.24. The van der Waals surface area contributed by atoms with E-state index >= 15 is 0 Å². The smallest absolute Gasteiger partial charge is 0.261 e. The first-order chi connectivity index (χ1) is 18.5. The van der Waals surface area contributed by atoms with E-state index in [1.54, 1.807) is 22.7 Å². The van der Waals surface area contributed by atoms with Crippen LogP contribution in [-0.2, 0) is 14.1 Å². The molecule has 0 aliphatic carbocycles. The van der Waals surface area contributed by atoms with Crippen LogP contribution in [0.4, 0.5) is 11.4 Å². The quantitative estimate of drug-likeness (QED) is 0.0986. The summed E-state index contributed by atoms with van der Waals surface area (Å²) in [6, 6.07) is 17.6. The van der Waals surface area contributed by atoms with E-state index in [0.29, 0.717) is 0 Å². The van der Waals surface area contributed by atoms with Crippen LogP contribution in [0.25, 0.3) is 24.3 Å². The van der Waals surface area contributed by atoms with Crippen molar-refractivity contribution in [1.82, 2.24) is 0 Å². The molecule has 0 unspecified atom stereocenters. The molecule has 0 N–H and O–H groups in total. The molecule has 0 atom stereocenters. The highest BCUT2D eigenvalue weighted by atomic mass is 33.1. The van der Waals surface area contributed by atoms with Crippen molar-refractivity contribution in [2.75, 3.05) is 48.5 Å². The van der Waals surface area contributed by atoms with Gasteiger partial charge in [-0.25, -0.2) is 0 Å². The molecule has 0 spiro atoms. The zero-order valence-corrected chi connectivity index (χ0v) is 25.8. The molecular weight excluding hydrogens is 545 g/mol. The average molecular weight is 581 g/mol. The highest BCUT2D eigenvalue weighted by molar-refractivity contribution is 8.76. The van der Waals surface area contributed by atoms with Crippen LogP contribution < -0.4 is 18.9 Å². The highest BCUT2D eigenvalue weighted by Gasteiger charge is 2.06. The van der Waals surface area contributed by atoms with Gasteiger partial charge < -0.3 is 9.80 Å². The fourth-order valence-electron chi connectivity index (χ4n) is 3.75. The summed E-state index contributed by atoms with van der Waals surface area (Å²) in [5.41, 5.74) is 4.97. The summed E-state index contributed by atoms with van der Waals surface area (Å²) < 4.78 is 4.28. The molecule has 198 valence electrons. The summed E-state index contributed by atoms with van der Waals surface area (Å²) in [6.07, 6.45) is 12.9. The van der Waals surface area contributed by atoms with Gasteiger partial charge in [-0.2, -0.15) is 9.13 Å². The Hall–Kier alpha value is -2.52. The van der Waals surface area contributed by atoms with Crippen molar-refractivity contribution < 1.29 is 9.13 Å². The Labute approximate surface area is 243 Å².